The Labute approximate surface area is 147 Å². The highest BCUT2D eigenvalue weighted by atomic mass is 79.9. The summed E-state index contributed by atoms with van der Waals surface area (Å²) in [5.74, 6) is -0.0965. The summed E-state index contributed by atoms with van der Waals surface area (Å²) in [6.45, 7) is 2.35. The lowest BCUT2D eigenvalue weighted by Crippen LogP contribution is -2.18. The van der Waals surface area contributed by atoms with Crippen molar-refractivity contribution < 1.29 is 4.79 Å². The Bertz CT molecular complexity index is 966. The zero-order valence-corrected chi connectivity index (χ0v) is 14.7. The van der Waals surface area contributed by atoms with E-state index in [4.69, 9.17) is 0 Å². The average Bonchev–Trinajstić information content (AvgIpc) is 2.58. The quantitative estimate of drug-likeness (QED) is 0.747. The van der Waals surface area contributed by atoms with Gasteiger partial charge in [0.15, 0.2) is 0 Å². The van der Waals surface area contributed by atoms with Crippen LogP contribution in [-0.4, -0.2) is 15.7 Å². The number of fused-ring (bicyclic) bond motifs is 1. The number of amides is 1. The molecule has 0 fully saturated rings. The van der Waals surface area contributed by atoms with E-state index in [1.165, 1.54) is 6.20 Å². The monoisotopic (exact) mass is 385 g/mol. The Morgan fingerprint density at radius 1 is 1.25 bits per heavy atom. The molecule has 1 N–H and O–H groups in total. The molecule has 0 aliphatic carbocycles. The molecule has 0 saturated carbocycles. The van der Waals surface area contributed by atoms with E-state index in [0.29, 0.717) is 11.9 Å². The molecule has 0 bridgehead atoms. The van der Waals surface area contributed by atoms with Crippen molar-refractivity contribution in [2.24, 2.45) is 0 Å². The summed E-state index contributed by atoms with van der Waals surface area (Å²) in [5.41, 5.74) is 2.40. The Morgan fingerprint density at radius 2 is 2.04 bits per heavy atom. The third-order valence-electron chi connectivity index (χ3n) is 3.79. The first kappa shape index (κ1) is 16.4. The second-order valence-corrected chi connectivity index (χ2v) is 6.42. The first-order valence-corrected chi connectivity index (χ1v) is 8.35. The fourth-order valence-corrected chi connectivity index (χ4v) is 2.85. The Balaban J connectivity index is 1.74. The molecule has 0 unspecified atom stereocenters. The van der Waals surface area contributed by atoms with Crippen LogP contribution in [0.2, 0.25) is 0 Å². The number of carbonyl (C=O) groups excluding carboxylic acids is 1. The molecule has 3 aromatic rings. The molecule has 0 aliphatic rings. The summed E-state index contributed by atoms with van der Waals surface area (Å²) in [7, 11) is 0. The van der Waals surface area contributed by atoms with Gasteiger partial charge in [0.2, 0.25) is 11.3 Å². The van der Waals surface area contributed by atoms with Crippen LogP contribution >= 0.6 is 15.9 Å². The second-order valence-electron chi connectivity index (χ2n) is 5.51. The van der Waals surface area contributed by atoms with Gasteiger partial charge in [-0.25, -0.2) is 0 Å². The zero-order valence-electron chi connectivity index (χ0n) is 13.1. The molecule has 0 aliphatic heterocycles. The lowest BCUT2D eigenvalue weighted by atomic mass is 10.2. The van der Waals surface area contributed by atoms with Crippen LogP contribution in [0.3, 0.4) is 0 Å². The van der Waals surface area contributed by atoms with E-state index in [9.17, 15) is 9.59 Å². The molecule has 1 amide bonds. The zero-order chi connectivity index (χ0) is 17.1. The molecule has 0 spiro atoms. The molecule has 1 heterocycles. The van der Waals surface area contributed by atoms with Crippen molar-refractivity contribution in [2.45, 2.75) is 19.9 Å². The molecule has 1 aromatic heterocycles. The van der Waals surface area contributed by atoms with E-state index in [0.717, 1.165) is 21.2 Å². The maximum atomic E-state index is 12.2. The maximum absolute atomic E-state index is 12.2. The number of aryl methyl sites for hydroxylation is 2. The van der Waals surface area contributed by atoms with Crippen molar-refractivity contribution in [3.8, 4) is 0 Å². The highest BCUT2D eigenvalue weighted by molar-refractivity contribution is 9.10. The highest BCUT2D eigenvalue weighted by Gasteiger charge is 2.08. The van der Waals surface area contributed by atoms with Gasteiger partial charge in [0.05, 0.1) is 18.3 Å². The number of nitrogens with one attached hydrogen (secondary N) is 1. The van der Waals surface area contributed by atoms with Crippen LogP contribution < -0.4 is 10.7 Å². The number of para-hydroxylation sites is 1. The SMILES string of the molecule is Cc1ccc(Br)cc1NC(=O)CCn1ncc(=O)c2ccccc21. The van der Waals surface area contributed by atoms with Crippen molar-refractivity contribution in [1.82, 2.24) is 9.78 Å². The Kier molecular flexibility index (Phi) is 4.76. The fraction of sp³-hybridized carbons (Fsp3) is 0.167. The predicted molar refractivity (Wildman–Crippen MR) is 98.1 cm³/mol. The Hall–Kier alpha value is -2.47. The first-order valence-electron chi connectivity index (χ1n) is 7.55. The topological polar surface area (TPSA) is 64.0 Å². The van der Waals surface area contributed by atoms with E-state index < -0.39 is 0 Å². The highest BCUT2D eigenvalue weighted by Crippen LogP contribution is 2.20. The van der Waals surface area contributed by atoms with Gasteiger partial charge in [-0.3, -0.25) is 14.3 Å². The predicted octanol–water partition coefficient (Wildman–Crippen LogP) is 3.50. The van der Waals surface area contributed by atoms with Crippen molar-refractivity contribution >= 4 is 38.4 Å². The van der Waals surface area contributed by atoms with E-state index in [1.54, 1.807) is 10.7 Å². The van der Waals surface area contributed by atoms with E-state index in [1.807, 2.05) is 43.3 Å². The number of benzene rings is 2. The summed E-state index contributed by atoms with van der Waals surface area (Å²) in [4.78, 5) is 24.0. The molecule has 2 aromatic carbocycles. The minimum atomic E-state index is -0.115. The van der Waals surface area contributed by atoms with Crippen LogP contribution in [0, 0.1) is 6.92 Å². The van der Waals surface area contributed by atoms with E-state index in [-0.39, 0.29) is 17.8 Å². The first-order chi connectivity index (χ1) is 11.5. The van der Waals surface area contributed by atoms with Crippen LogP contribution in [0.5, 0.6) is 0 Å². The van der Waals surface area contributed by atoms with Gasteiger partial charge in [-0.1, -0.05) is 34.1 Å². The molecule has 3 rings (SSSR count). The molecule has 0 atom stereocenters. The number of carbonyl (C=O) groups is 1. The summed E-state index contributed by atoms with van der Waals surface area (Å²) < 4.78 is 2.60. The average molecular weight is 386 g/mol. The van der Waals surface area contributed by atoms with Crippen LogP contribution in [-0.2, 0) is 11.3 Å². The van der Waals surface area contributed by atoms with Crippen molar-refractivity contribution in [2.75, 3.05) is 5.32 Å². The smallest absolute Gasteiger partial charge is 0.226 e. The standard InChI is InChI=1S/C18H16BrN3O2/c1-12-6-7-13(19)10-15(12)21-18(24)8-9-22-16-5-3-2-4-14(16)17(23)11-20-22/h2-7,10-11H,8-9H2,1H3,(H,21,24). The van der Waals surface area contributed by atoms with Gasteiger partial charge in [0.25, 0.3) is 0 Å². The Morgan fingerprint density at radius 3 is 2.88 bits per heavy atom. The second kappa shape index (κ2) is 6.97. The number of hydrogen-bond donors (Lipinski definition) is 1. The van der Waals surface area contributed by atoms with Gasteiger partial charge in [0.1, 0.15) is 0 Å². The van der Waals surface area contributed by atoms with Gasteiger partial charge in [-0.2, -0.15) is 5.10 Å². The summed E-state index contributed by atoms with van der Waals surface area (Å²) in [6, 6.07) is 13.0. The molecule has 5 nitrogen and oxygen atoms in total. The number of hydrogen-bond acceptors (Lipinski definition) is 3. The molecule has 0 radical (unpaired) electrons. The minimum absolute atomic E-state index is 0.0965. The molecule has 122 valence electrons. The summed E-state index contributed by atoms with van der Waals surface area (Å²) in [5, 5.41) is 7.65. The van der Waals surface area contributed by atoms with Crippen LogP contribution in [0.1, 0.15) is 12.0 Å². The normalized spacial score (nSPS) is 10.8. The van der Waals surface area contributed by atoms with Crippen LogP contribution in [0.15, 0.2) is 57.9 Å². The van der Waals surface area contributed by atoms with Crippen LogP contribution in [0.4, 0.5) is 5.69 Å². The molecule has 24 heavy (non-hydrogen) atoms. The number of halogens is 1. The van der Waals surface area contributed by atoms with Gasteiger partial charge in [-0.15, -0.1) is 0 Å². The van der Waals surface area contributed by atoms with Gasteiger partial charge >= 0.3 is 0 Å². The van der Waals surface area contributed by atoms with Gasteiger partial charge in [-0.05, 0) is 36.8 Å². The molecular weight excluding hydrogens is 370 g/mol. The van der Waals surface area contributed by atoms with Crippen molar-refractivity contribution in [1.29, 1.82) is 0 Å². The third kappa shape index (κ3) is 3.54. The lowest BCUT2D eigenvalue weighted by molar-refractivity contribution is -0.116. The van der Waals surface area contributed by atoms with Gasteiger partial charge in [0, 0.05) is 22.0 Å². The fourth-order valence-electron chi connectivity index (χ4n) is 2.49. The largest absolute Gasteiger partial charge is 0.326 e. The summed E-state index contributed by atoms with van der Waals surface area (Å²) >= 11 is 3.40. The maximum Gasteiger partial charge on any atom is 0.226 e. The molecule has 0 saturated heterocycles. The molecular formula is C18H16BrN3O2. The molecule has 6 heteroatoms. The minimum Gasteiger partial charge on any atom is -0.326 e. The number of nitrogens with zero attached hydrogens (tertiary/aromatic N) is 2. The number of anilines is 1. The van der Waals surface area contributed by atoms with E-state index in [2.05, 4.69) is 26.3 Å². The lowest BCUT2D eigenvalue weighted by Gasteiger charge is -2.11. The third-order valence-corrected chi connectivity index (χ3v) is 4.28. The number of rotatable bonds is 4. The van der Waals surface area contributed by atoms with Gasteiger partial charge < -0.3 is 5.32 Å². The van der Waals surface area contributed by atoms with E-state index >= 15 is 0 Å². The van der Waals surface area contributed by atoms with Crippen molar-refractivity contribution in [3.63, 3.8) is 0 Å². The summed E-state index contributed by atoms with van der Waals surface area (Å²) in [6.07, 6.45) is 1.56. The van der Waals surface area contributed by atoms with Crippen molar-refractivity contribution in [3.05, 3.63) is 68.9 Å². The number of aromatic nitrogens is 2. The van der Waals surface area contributed by atoms with Crippen LogP contribution in [0.25, 0.3) is 10.9 Å².